The lowest BCUT2D eigenvalue weighted by Crippen LogP contribution is -2.17. The lowest BCUT2D eigenvalue weighted by molar-refractivity contribution is -0.145. The van der Waals surface area contributed by atoms with Gasteiger partial charge in [-0.1, -0.05) is 58.9 Å². The molecular weight excluding hydrogens is 240 g/mol. The molecule has 0 heterocycles. The van der Waals surface area contributed by atoms with Crippen LogP contribution in [0, 0.1) is 5.92 Å². The molecule has 1 aromatic rings. The largest absolute Gasteiger partial charge is 0.480 e. The van der Waals surface area contributed by atoms with Crippen molar-refractivity contribution in [2.24, 2.45) is 5.92 Å². The van der Waals surface area contributed by atoms with Crippen molar-refractivity contribution >= 4 is 5.97 Å². The topological polar surface area (TPSA) is 46.5 Å². The number of carboxylic acids is 1. The van der Waals surface area contributed by atoms with E-state index in [0.29, 0.717) is 0 Å². The summed E-state index contributed by atoms with van der Waals surface area (Å²) in [6, 6.07) is 8.25. The highest BCUT2D eigenvalue weighted by Crippen LogP contribution is 2.28. The number of benzene rings is 1. The highest BCUT2D eigenvalue weighted by Gasteiger charge is 2.19. The summed E-state index contributed by atoms with van der Waals surface area (Å²) in [5.74, 6) is -0.697. The van der Waals surface area contributed by atoms with Crippen LogP contribution in [0.1, 0.15) is 51.8 Å². The van der Waals surface area contributed by atoms with Crippen LogP contribution >= 0.6 is 0 Å². The number of hydrogen-bond acceptors (Lipinski definition) is 2. The molecule has 0 aliphatic carbocycles. The van der Waals surface area contributed by atoms with Gasteiger partial charge in [0.05, 0.1) is 6.10 Å². The standard InChI is InChI=1S/C16H24O3/c1-11(2)15(19-10-14(17)18)12-6-8-13(9-7-12)16(3,4)5/h6-9,11,15H,10H2,1-5H3,(H,17,18). The Morgan fingerprint density at radius 2 is 1.74 bits per heavy atom. The lowest BCUT2D eigenvalue weighted by Gasteiger charge is -2.23. The predicted molar refractivity (Wildman–Crippen MR) is 76.3 cm³/mol. The van der Waals surface area contributed by atoms with Crippen LogP contribution in [0.2, 0.25) is 0 Å². The fourth-order valence-electron chi connectivity index (χ4n) is 2.01. The molecule has 1 atom stereocenters. The van der Waals surface area contributed by atoms with Gasteiger partial charge in [0.1, 0.15) is 6.61 Å². The van der Waals surface area contributed by atoms with Crippen molar-refractivity contribution in [3.63, 3.8) is 0 Å². The van der Waals surface area contributed by atoms with E-state index >= 15 is 0 Å². The van der Waals surface area contributed by atoms with Gasteiger partial charge in [-0.25, -0.2) is 4.79 Å². The van der Waals surface area contributed by atoms with E-state index in [1.807, 2.05) is 26.0 Å². The summed E-state index contributed by atoms with van der Waals surface area (Å²) in [7, 11) is 0. The van der Waals surface area contributed by atoms with Crippen LogP contribution in [0.25, 0.3) is 0 Å². The van der Waals surface area contributed by atoms with Crippen molar-refractivity contribution in [2.45, 2.75) is 46.1 Å². The molecule has 0 aliphatic rings. The van der Waals surface area contributed by atoms with E-state index < -0.39 is 5.97 Å². The van der Waals surface area contributed by atoms with Crippen LogP contribution in [0.3, 0.4) is 0 Å². The average molecular weight is 264 g/mol. The van der Waals surface area contributed by atoms with Crippen LogP contribution < -0.4 is 0 Å². The Kier molecular flexibility index (Phi) is 5.12. The molecule has 106 valence electrons. The van der Waals surface area contributed by atoms with E-state index in [2.05, 4.69) is 32.9 Å². The number of hydrogen-bond donors (Lipinski definition) is 1. The summed E-state index contributed by atoms with van der Waals surface area (Å²) < 4.78 is 5.48. The molecule has 1 aromatic carbocycles. The molecule has 1 rings (SSSR count). The van der Waals surface area contributed by atoms with E-state index in [-0.39, 0.29) is 24.0 Å². The van der Waals surface area contributed by atoms with Crippen LogP contribution in [0.15, 0.2) is 24.3 Å². The minimum atomic E-state index is -0.933. The summed E-state index contributed by atoms with van der Waals surface area (Å²) in [5, 5.41) is 8.72. The highest BCUT2D eigenvalue weighted by molar-refractivity contribution is 5.68. The highest BCUT2D eigenvalue weighted by atomic mass is 16.5. The van der Waals surface area contributed by atoms with Gasteiger partial charge in [0.2, 0.25) is 0 Å². The summed E-state index contributed by atoms with van der Waals surface area (Å²) in [6.45, 7) is 10.3. The SMILES string of the molecule is CC(C)C(OCC(=O)O)c1ccc(C(C)(C)C)cc1. The van der Waals surface area contributed by atoms with Crippen molar-refractivity contribution in [3.8, 4) is 0 Å². The molecule has 1 unspecified atom stereocenters. The third-order valence-electron chi connectivity index (χ3n) is 3.10. The molecule has 0 spiro atoms. The van der Waals surface area contributed by atoms with Crippen LogP contribution in [0.5, 0.6) is 0 Å². The second kappa shape index (κ2) is 6.20. The molecule has 0 bridgehead atoms. The molecule has 0 aliphatic heterocycles. The molecule has 0 saturated carbocycles. The molecule has 0 fully saturated rings. The number of rotatable bonds is 5. The second-order valence-corrected chi connectivity index (χ2v) is 6.24. The Balaban J connectivity index is 2.88. The van der Waals surface area contributed by atoms with Crippen molar-refractivity contribution in [1.82, 2.24) is 0 Å². The van der Waals surface area contributed by atoms with Gasteiger partial charge < -0.3 is 9.84 Å². The Hall–Kier alpha value is -1.35. The van der Waals surface area contributed by atoms with Gasteiger partial charge in [-0.05, 0) is 22.5 Å². The lowest BCUT2D eigenvalue weighted by atomic mass is 9.86. The molecule has 1 N–H and O–H groups in total. The smallest absolute Gasteiger partial charge is 0.329 e. The van der Waals surface area contributed by atoms with Gasteiger partial charge in [0.15, 0.2) is 0 Å². The van der Waals surface area contributed by atoms with E-state index in [0.717, 1.165) is 5.56 Å². The van der Waals surface area contributed by atoms with Crippen molar-refractivity contribution in [2.75, 3.05) is 6.61 Å². The Bertz CT molecular complexity index is 413. The van der Waals surface area contributed by atoms with Gasteiger partial charge in [-0.15, -0.1) is 0 Å². The fraction of sp³-hybridized carbons (Fsp3) is 0.562. The molecule has 0 radical (unpaired) electrons. The molecule has 0 aromatic heterocycles. The van der Waals surface area contributed by atoms with Crippen molar-refractivity contribution < 1.29 is 14.6 Å². The first-order valence-corrected chi connectivity index (χ1v) is 6.65. The molecular formula is C16H24O3. The zero-order valence-electron chi connectivity index (χ0n) is 12.4. The normalized spacial score (nSPS) is 13.6. The first-order valence-electron chi connectivity index (χ1n) is 6.65. The van der Waals surface area contributed by atoms with Gasteiger partial charge in [-0.3, -0.25) is 0 Å². The number of carboxylic acid groups (broad SMARTS) is 1. The summed E-state index contributed by atoms with van der Waals surface area (Å²) in [6.07, 6.45) is -0.176. The Morgan fingerprint density at radius 3 is 2.11 bits per heavy atom. The predicted octanol–water partition coefficient (Wildman–Crippen LogP) is 3.78. The monoisotopic (exact) mass is 264 g/mol. The maximum atomic E-state index is 10.6. The molecule has 0 amide bonds. The molecule has 0 saturated heterocycles. The van der Waals surface area contributed by atoms with Crippen LogP contribution in [0.4, 0.5) is 0 Å². The Labute approximate surface area is 115 Å². The van der Waals surface area contributed by atoms with Crippen molar-refractivity contribution in [3.05, 3.63) is 35.4 Å². The number of carbonyl (C=O) groups is 1. The summed E-state index contributed by atoms with van der Waals surface area (Å²) in [4.78, 5) is 10.6. The molecule has 3 nitrogen and oxygen atoms in total. The van der Waals surface area contributed by atoms with E-state index in [1.54, 1.807) is 0 Å². The van der Waals surface area contributed by atoms with E-state index in [4.69, 9.17) is 9.84 Å². The Morgan fingerprint density at radius 1 is 1.21 bits per heavy atom. The average Bonchev–Trinajstić information content (AvgIpc) is 2.27. The third-order valence-corrected chi connectivity index (χ3v) is 3.10. The van der Waals surface area contributed by atoms with E-state index in [1.165, 1.54) is 5.56 Å². The van der Waals surface area contributed by atoms with Gasteiger partial charge >= 0.3 is 5.97 Å². The zero-order chi connectivity index (χ0) is 14.6. The molecule has 3 heteroatoms. The number of ether oxygens (including phenoxy) is 1. The van der Waals surface area contributed by atoms with Gasteiger partial charge in [0.25, 0.3) is 0 Å². The third kappa shape index (κ3) is 4.67. The second-order valence-electron chi connectivity index (χ2n) is 6.24. The van der Waals surface area contributed by atoms with Gasteiger partial charge in [0, 0.05) is 0 Å². The maximum Gasteiger partial charge on any atom is 0.329 e. The summed E-state index contributed by atoms with van der Waals surface area (Å²) in [5.41, 5.74) is 2.41. The minimum Gasteiger partial charge on any atom is -0.480 e. The number of aliphatic carboxylic acids is 1. The van der Waals surface area contributed by atoms with Crippen LogP contribution in [-0.4, -0.2) is 17.7 Å². The first-order chi connectivity index (χ1) is 8.71. The van der Waals surface area contributed by atoms with Gasteiger partial charge in [-0.2, -0.15) is 0 Å². The maximum absolute atomic E-state index is 10.6. The minimum absolute atomic E-state index is 0.119. The quantitative estimate of drug-likeness (QED) is 0.880. The fourth-order valence-corrected chi connectivity index (χ4v) is 2.01. The molecule has 19 heavy (non-hydrogen) atoms. The summed E-state index contributed by atoms with van der Waals surface area (Å²) >= 11 is 0. The van der Waals surface area contributed by atoms with E-state index in [9.17, 15) is 4.79 Å². The zero-order valence-corrected chi connectivity index (χ0v) is 12.4. The first kappa shape index (κ1) is 15.7. The van der Waals surface area contributed by atoms with Crippen LogP contribution in [-0.2, 0) is 14.9 Å². The van der Waals surface area contributed by atoms with Crippen molar-refractivity contribution in [1.29, 1.82) is 0 Å².